The van der Waals surface area contributed by atoms with Gasteiger partial charge >= 0.3 is 0 Å². The van der Waals surface area contributed by atoms with Gasteiger partial charge in [-0.25, -0.2) is 18.1 Å². The highest BCUT2D eigenvalue weighted by Gasteiger charge is 2.16. The first-order valence-electron chi connectivity index (χ1n) is 11.7. The van der Waals surface area contributed by atoms with Gasteiger partial charge in [-0.05, 0) is 42.8 Å². The van der Waals surface area contributed by atoms with Crippen LogP contribution in [0.25, 0.3) is 28.5 Å². The number of sulfonamides is 1. The summed E-state index contributed by atoms with van der Waals surface area (Å²) >= 11 is 0. The van der Waals surface area contributed by atoms with E-state index in [2.05, 4.69) is 25.3 Å². The molecule has 0 aliphatic carbocycles. The SMILES string of the molecule is Cc1ccc(C(=O)Nc2cccc(NS(C)(=O)=O)c2)cc1-n1cc(-c2cnc(-c3ccccc3)n2C)nn1. The Morgan fingerprint density at radius 3 is 2.47 bits per heavy atom. The minimum absolute atomic E-state index is 0.345. The molecule has 0 atom stereocenters. The number of aryl methyl sites for hydroxylation is 1. The van der Waals surface area contributed by atoms with Crippen LogP contribution in [0.2, 0.25) is 0 Å². The highest BCUT2D eigenvalue weighted by molar-refractivity contribution is 7.92. The van der Waals surface area contributed by atoms with Gasteiger partial charge in [0, 0.05) is 23.9 Å². The summed E-state index contributed by atoms with van der Waals surface area (Å²) < 4.78 is 29.0. The Morgan fingerprint density at radius 1 is 0.947 bits per heavy atom. The molecule has 192 valence electrons. The number of hydrogen-bond donors (Lipinski definition) is 2. The first-order chi connectivity index (χ1) is 18.2. The van der Waals surface area contributed by atoms with Gasteiger partial charge in [-0.3, -0.25) is 9.52 Å². The molecule has 5 aromatic rings. The Hall–Kier alpha value is -4.77. The number of imidazole rings is 1. The molecule has 0 aliphatic rings. The van der Waals surface area contributed by atoms with Gasteiger partial charge in [-0.15, -0.1) is 5.10 Å². The van der Waals surface area contributed by atoms with Crippen LogP contribution in [0.4, 0.5) is 11.4 Å². The second kappa shape index (κ2) is 9.94. The molecule has 38 heavy (non-hydrogen) atoms. The highest BCUT2D eigenvalue weighted by atomic mass is 32.2. The fourth-order valence-corrected chi connectivity index (χ4v) is 4.63. The predicted molar refractivity (Wildman–Crippen MR) is 147 cm³/mol. The van der Waals surface area contributed by atoms with E-state index in [-0.39, 0.29) is 5.91 Å². The third-order valence-electron chi connectivity index (χ3n) is 5.92. The second-order valence-corrected chi connectivity index (χ2v) is 10.6. The van der Waals surface area contributed by atoms with Crippen LogP contribution in [-0.2, 0) is 17.1 Å². The molecular weight excluding hydrogens is 502 g/mol. The van der Waals surface area contributed by atoms with E-state index in [4.69, 9.17) is 0 Å². The van der Waals surface area contributed by atoms with Gasteiger partial charge in [0.1, 0.15) is 11.5 Å². The van der Waals surface area contributed by atoms with E-state index in [9.17, 15) is 13.2 Å². The largest absolute Gasteiger partial charge is 0.326 e. The van der Waals surface area contributed by atoms with E-state index >= 15 is 0 Å². The van der Waals surface area contributed by atoms with Gasteiger partial charge in [0.2, 0.25) is 10.0 Å². The lowest BCUT2D eigenvalue weighted by Gasteiger charge is -2.11. The third kappa shape index (κ3) is 5.32. The molecule has 0 spiro atoms. The Labute approximate surface area is 220 Å². The van der Waals surface area contributed by atoms with Crippen LogP contribution >= 0.6 is 0 Å². The van der Waals surface area contributed by atoms with Crippen molar-refractivity contribution in [3.8, 4) is 28.5 Å². The Kier molecular flexibility index (Phi) is 6.52. The molecule has 0 saturated carbocycles. The zero-order valence-corrected chi connectivity index (χ0v) is 21.8. The van der Waals surface area contributed by atoms with Crippen molar-refractivity contribution in [1.82, 2.24) is 24.5 Å². The number of rotatable bonds is 7. The molecule has 0 bridgehead atoms. The van der Waals surface area contributed by atoms with Crippen molar-refractivity contribution in [2.75, 3.05) is 16.3 Å². The molecule has 2 aromatic heterocycles. The van der Waals surface area contributed by atoms with Crippen LogP contribution in [0.3, 0.4) is 0 Å². The van der Waals surface area contributed by atoms with Gasteiger partial charge in [-0.1, -0.05) is 47.7 Å². The first-order valence-corrected chi connectivity index (χ1v) is 13.6. The molecule has 0 aliphatic heterocycles. The van der Waals surface area contributed by atoms with Crippen molar-refractivity contribution in [1.29, 1.82) is 0 Å². The number of hydrogen-bond acceptors (Lipinski definition) is 6. The summed E-state index contributed by atoms with van der Waals surface area (Å²) in [6.45, 7) is 1.93. The quantitative estimate of drug-likeness (QED) is 0.326. The van der Waals surface area contributed by atoms with Crippen molar-refractivity contribution in [3.63, 3.8) is 0 Å². The summed E-state index contributed by atoms with van der Waals surface area (Å²) in [6.07, 6.45) is 4.63. The monoisotopic (exact) mass is 527 g/mol. The van der Waals surface area contributed by atoms with Crippen molar-refractivity contribution in [2.45, 2.75) is 6.92 Å². The van der Waals surface area contributed by atoms with Gasteiger partial charge in [0.15, 0.2) is 0 Å². The van der Waals surface area contributed by atoms with E-state index < -0.39 is 10.0 Å². The molecule has 11 heteroatoms. The van der Waals surface area contributed by atoms with Crippen molar-refractivity contribution >= 4 is 27.3 Å². The number of nitrogens with zero attached hydrogens (tertiary/aromatic N) is 5. The predicted octanol–water partition coefficient (Wildman–Crippen LogP) is 4.27. The number of carbonyl (C=O) groups is 1. The molecule has 5 rings (SSSR count). The van der Waals surface area contributed by atoms with E-state index in [0.717, 1.165) is 28.9 Å². The number of nitrogens with one attached hydrogen (secondary N) is 2. The molecule has 1 amide bonds. The van der Waals surface area contributed by atoms with E-state index in [0.29, 0.717) is 28.3 Å². The molecule has 0 unspecified atom stereocenters. The summed E-state index contributed by atoms with van der Waals surface area (Å²) in [5, 5.41) is 11.5. The van der Waals surface area contributed by atoms with Gasteiger partial charge in [0.05, 0.1) is 35.7 Å². The average molecular weight is 528 g/mol. The molecular formula is C27H25N7O3S. The molecule has 0 saturated heterocycles. The van der Waals surface area contributed by atoms with Crippen LogP contribution in [0.15, 0.2) is 85.2 Å². The van der Waals surface area contributed by atoms with Crippen molar-refractivity contribution in [2.24, 2.45) is 7.05 Å². The van der Waals surface area contributed by atoms with Crippen LogP contribution in [0.1, 0.15) is 15.9 Å². The molecule has 2 N–H and O–H groups in total. The fraction of sp³-hybridized carbons (Fsp3) is 0.111. The maximum atomic E-state index is 13.0. The van der Waals surface area contributed by atoms with Gasteiger partial charge < -0.3 is 9.88 Å². The lowest BCUT2D eigenvalue weighted by Crippen LogP contribution is -2.14. The van der Waals surface area contributed by atoms with Crippen molar-refractivity contribution < 1.29 is 13.2 Å². The lowest BCUT2D eigenvalue weighted by molar-refractivity contribution is 0.102. The van der Waals surface area contributed by atoms with E-state index in [1.807, 2.05) is 54.9 Å². The minimum Gasteiger partial charge on any atom is -0.326 e. The minimum atomic E-state index is -3.43. The standard InChI is InChI=1S/C27H25N7O3S/c1-18-12-13-20(27(35)29-21-10-7-11-22(15-21)31-38(3,36)37)14-24(18)34-17-23(30-32-34)25-16-28-26(33(25)2)19-8-5-4-6-9-19/h4-17,31H,1-3H3,(H,29,35). The molecule has 0 fully saturated rings. The normalized spacial score (nSPS) is 11.3. The molecule has 0 radical (unpaired) electrons. The Morgan fingerprint density at radius 2 is 1.71 bits per heavy atom. The van der Waals surface area contributed by atoms with E-state index in [1.54, 1.807) is 53.5 Å². The van der Waals surface area contributed by atoms with Crippen molar-refractivity contribution in [3.05, 3.63) is 96.3 Å². The maximum Gasteiger partial charge on any atom is 0.255 e. The number of carbonyl (C=O) groups excluding carboxylic acids is 1. The number of aromatic nitrogens is 5. The summed E-state index contributed by atoms with van der Waals surface area (Å²) in [5.74, 6) is 0.475. The average Bonchev–Trinajstić information content (AvgIpc) is 3.50. The third-order valence-corrected chi connectivity index (χ3v) is 6.52. The fourth-order valence-electron chi connectivity index (χ4n) is 4.08. The van der Waals surface area contributed by atoms with Crippen LogP contribution in [0.5, 0.6) is 0 Å². The summed E-state index contributed by atoms with van der Waals surface area (Å²) in [4.78, 5) is 17.6. The summed E-state index contributed by atoms with van der Waals surface area (Å²) in [6, 6.07) is 21.7. The molecule has 10 nitrogen and oxygen atoms in total. The number of amides is 1. The van der Waals surface area contributed by atoms with Crippen LogP contribution in [0, 0.1) is 6.92 Å². The topological polar surface area (TPSA) is 124 Å². The van der Waals surface area contributed by atoms with E-state index in [1.165, 1.54) is 0 Å². The number of benzene rings is 3. The van der Waals surface area contributed by atoms with Gasteiger partial charge in [0.25, 0.3) is 5.91 Å². The summed E-state index contributed by atoms with van der Waals surface area (Å²) in [5.41, 5.74) is 5.30. The summed E-state index contributed by atoms with van der Waals surface area (Å²) in [7, 11) is -1.50. The second-order valence-electron chi connectivity index (χ2n) is 8.85. The Balaban J connectivity index is 1.39. The smallest absolute Gasteiger partial charge is 0.255 e. The first kappa shape index (κ1) is 24.9. The molecule has 2 heterocycles. The van der Waals surface area contributed by atoms with Crippen LogP contribution in [-0.4, -0.2) is 45.1 Å². The van der Waals surface area contributed by atoms with Gasteiger partial charge in [-0.2, -0.15) is 0 Å². The van der Waals surface area contributed by atoms with Crippen LogP contribution < -0.4 is 10.0 Å². The highest BCUT2D eigenvalue weighted by Crippen LogP contribution is 2.25. The maximum absolute atomic E-state index is 13.0. The lowest BCUT2D eigenvalue weighted by atomic mass is 10.1. The Bertz CT molecular complexity index is 1740. The molecule has 3 aromatic carbocycles. The number of anilines is 2. The zero-order valence-electron chi connectivity index (χ0n) is 21.0. The zero-order chi connectivity index (χ0) is 26.9.